The van der Waals surface area contributed by atoms with Crippen molar-refractivity contribution in [3.05, 3.63) is 35.5 Å². The average molecular weight is 370 g/mol. The van der Waals surface area contributed by atoms with Gasteiger partial charge in [0.2, 0.25) is 5.78 Å². The zero-order valence-corrected chi connectivity index (χ0v) is 17.1. The number of ketones is 1. The van der Waals surface area contributed by atoms with E-state index in [1.807, 2.05) is 31.2 Å². The highest BCUT2D eigenvalue weighted by atomic mass is 16.5. The molecule has 0 aliphatic heterocycles. The fraction of sp³-hybridized carbons (Fsp3) is 0.565. The fourth-order valence-electron chi connectivity index (χ4n) is 4.32. The lowest BCUT2D eigenvalue weighted by Crippen LogP contribution is -2.33. The number of aromatic nitrogens is 1. The Kier molecular flexibility index (Phi) is 5.45. The standard InChI is InChI=1S/C23H31NO3/c1-14-20(18-8-6-7-9-19(18)24-14)21(25)15(2)27-22(26)16-10-12-17(13-11-16)23(3,4)5/h6-9,15-17,24H,10-13H2,1-5H3/t15-,16?,17?/m0/s1. The van der Waals surface area contributed by atoms with E-state index < -0.39 is 6.10 Å². The molecule has 1 aliphatic carbocycles. The minimum Gasteiger partial charge on any atom is -0.454 e. The Hall–Kier alpha value is -2.10. The second-order valence-corrected chi connectivity index (χ2v) is 9.03. The Labute approximate surface area is 161 Å². The first kappa shape index (κ1) is 19.7. The molecule has 1 fully saturated rings. The molecule has 1 atom stereocenters. The van der Waals surface area contributed by atoms with E-state index in [1.54, 1.807) is 6.92 Å². The van der Waals surface area contributed by atoms with Crippen LogP contribution >= 0.6 is 0 Å². The summed E-state index contributed by atoms with van der Waals surface area (Å²) in [4.78, 5) is 28.8. The number of para-hydroxylation sites is 1. The summed E-state index contributed by atoms with van der Waals surface area (Å²) >= 11 is 0. The van der Waals surface area contributed by atoms with Crippen molar-refractivity contribution in [1.29, 1.82) is 0 Å². The van der Waals surface area contributed by atoms with Crippen LogP contribution in [-0.2, 0) is 9.53 Å². The molecule has 1 heterocycles. The summed E-state index contributed by atoms with van der Waals surface area (Å²) in [6.45, 7) is 10.4. The van der Waals surface area contributed by atoms with Crippen LogP contribution in [0.5, 0.6) is 0 Å². The van der Waals surface area contributed by atoms with E-state index in [0.717, 1.165) is 42.3 Å². The first-order valence-electron chi connectivity index (χ1n) is 10.0. The molecule has 1 aromatic carbocycles. The van der Waals surface area contributed by atoms with Crippen molar-refractivity contribution in [2.45, 2.75) is 66.4 Å². The van der Waals surface area contributed by atoms with Crippen molar-refractivity contribution in [3.8, 4) is 0 Å². The quantitative estimate of drug-likeness (QED) is 0.576. The smallest absolute Gasteiger partial charge is 0.309 e. The van der Waals surface area contributed by atoms with E-state index in [1.165, 1.54) is 0 Å². The first-order valence-corrected chi connectivity index (χ1v) is 10.0. The van der Waals surface area contributed by atoms with E-state index in [2.05, 4.69) is 25.8 Å². The van der Waals surface area contributed by atoms with Crippen LogP contribution in [0.3, 0.4) is 0 Å². The minimum atomic E-state index is -0.768. The molecule has 4 heteroatoms. The number of rotatable bonds is 4. The van der Waals surface area contributed by atoms with Gasteiger partial charge in [-0.15, -0.1) is 0 Å². The zero-order chi connectivity index (χ0) is 19.8. The van der Waals surface area contributed by atoms with Gasteiger partial charge >= 0.3 is 5.97 Å². The van der Waals surface area contributed by atoms with Crippen LogP contribution in [0.25, 0.3) is 10.9 Å². The SMILES string of the molecule is Cc1[nH]c2ccccc2c1C(=O)[C@H](C)OC(=O)C1CCC(C(C)(C)C)CC1. The van der Waals surface area contributed by atoms with Gasteiger partial charge in [-0.05, 0) is 56.9 Å². The van der Waals surface area contributed by atoms with Crippen LogP contribution in [0.4, 0.5) is 0 Å². The van der Waals surface area contributed by atoms with Crippen molar-refractivity contribution >= 4 is 22.7 Å². The number of aromatic amines is 1. The molecule has 0 unspecified atom stereocenters. The summed E-state index contributed by atoms with van der Waals surface area (Å²) < 4.78 is 5.60. The normalized spacial score (nSPS) is 21.8. The van der Waals surface area contributed by atoms with Crippen molar-refractivity contribution in [1.82, 2.24) is 4.98 Å². The second-order valence-electron chi connectivity index (χ2n) is 9.03. The predicted molar refractivity (Wildman–Crippen MR) is 108 cm³/mol. The summed E-state index contributed by atoms with van der Waals surface area (Å²) in [5.74, 6) is 0.208. The summed E-state index contributed by atoms with van der Waals surface area (Å²) in [6, 6.07) is 7.72. The van der Waals surface area contributed by atoms with Crippen molar-refractivity contribution in [2.24, 2.45) is 17.3 Å². The average Bonchev–Trinajstić information content (AvgIpc) is 2.96. The Morgan fingerprint density at radius 3 is 2.37 bits per heavy atom. The van der Waals surface area contributed by atoms with Crippen LogP contribution in [0.2, 0.25) is 0 Å². The van der Waals surface area contributed by atoms with Crippen LogP contribution < -0.4 is 0 Å². The lowest BCUT2D eigenvalue weighted by atomic mass is 9.70. The molecule has 1 N–H and O–H groups in total. The molecule has 4 nitrogen and oxygen atoms in total. The molecule has 0 spiro atoms. The van der Waals surface area contributed by atoms with Gasteiger partial charge in [0.15, 0.2) is 6.10 Å². The number of benzene rings is 1. The number of Topliss-reactive ketones (excluding diaryl/α,β-unsaturated/α-hetero) is 1. The van der Waals surface area contributed by atoms with Crippen LogP contribution in [0.15, 0.2) is 24.3 Å². The molecule has 146 valence electrons. The van der Waals surface area contributed by atoms with E-state index >= 15 is 0 Å². The van der Waals surface area contributed by atoms with E-state index in [0.29, 0.717) is 11.5 Å². The number of aryl methyl sites for hydroxylation is 1. The van der Waals surface area contributed by atoms with E-state index in [-0.39, 0.29) is 23.1 Å². The summed E-state index contributed by atoms with van der Waals surface area (Å²) in [5.41, 5.74) is 2.65. The van der Waals surface area contributed by atoms with Gasteiger partial charge in [-0.3, -0.25) is 9.59 Å². The Balaban J connectivity index is 1.65. The van der Waals surface area contributed by atoms with E-state index in [9.17, 15) is 9.59 Å². The first-order chi connectivity index (χ1) is 12.7. The molecule has 0 bridgehead atoms. The molecule has 3 rings (SSSR count). The van der Waals surface area contributed by atoms with Crippen molar-refractivity contribution < 1.29 is 14.3 Å². The molecule has 0 saturated heterocycles. The number of carbonyl (C=O) groups excluding carboxylic acids is 2. The molecule has 2 aromatic rings. The zero-order valence-electron chi connectivity index (χ0n) is 17.1. The van der Waals surface area contributed by atoms with Crippen LogP contribution in [0.1, 0.15) is 69.4 Å². The van der Waals surface area contributed by atoms with Crippen molar-refractivity contribution in [2.75, 3.05) is 0 Å². The minimum absolute atomic E-state index is 0.0806. The third-order valence-electron chi connectivity index (χ3n) is 6.09. The summed E-state index contributed by atoms with van der Waals surface area (Å²) in [5, 5.41) is 0.883. The highest BCUT2D eigenvalue weighted by Gasteiger charge is 2.34. The largest absolute Gasteiger partial charge is 0.454 e. The maximum atomic E-state index is 12.9. The fourth-order valence-corrected chi connectivity index (χ4v) is 4.32. The van der Waals surface area contributed by atoms with E-state index in [4.69, 9.17) is 4.74 Å². The lowest BCUT2D eigenvalue weighted by Gasteiger charge is -2.36. The van der Waals surface area contributed by atoms with Gasteiger partial charge in [0.05, 0.1) is 5.92 Å². The van der Waals surface area contributed by atoms with Crippen LogP contribution in [-0.4, -0.2) is 22.8 Å². The number of carbonyl (C=O) groups is 2. The van der Waals surface area contributed by atoms with Crippen molar-refractivity contribution in [3.63, 3.8) is 0 Å². The third-order valence-corrected chi connectivity index (χ3v) is 6.09. The summed E-state index contributed by atoms with van der Waals surface area (Å²) in [7, 11) is 0. The van der Waals surface area contributed by atoms with Gasteiger partial charge in [0.1, 0.15) is 0 Å². The van der Waals surface area contributed by atoms with Gasteiger partial charge in [0.25, 0.3) is 0 Å². The van der Waals surface area contributed by atoms with Gasteiger partial charge in [-0.1, -0.05) is 39.0 Å². The molecule has 1 saturated carbocycles. The molecule has 0 amide bonds. The van der Waals surface area contributed by atoms with Gasteiger partial charge < -0.3 is 9.72 Å². The van der Waals surface area contributed by atoms with Gasteiger partial charge in [-0.25, -0.2) is 0 Å². The monoisotopic (exact) mass is 369 g/mol. The number of hydrogen-bond donors (Lipinski definition) is 1. The molecule has 27 heavy (non-hydrogen) atoms. The number of nitrogens with one attached hydrogen (secondary N) is 1. The molecule has 1 aromatic heterocycles. The third kappa shape index (κ3) is 4.10. The van der Waals surface area contributed by atoms with Gasteiger partial charge in [0, 0.05) is 22.2 Å². The number of ether oxygens (including phenoxy) is 1. The highest BCUT2D eigenvalue weighted by molar-refractivity contribution is 6.11. The number of fused-ring (bicyclic) bond motifs is 1. The second kappa shape index (κ2) is 7.49. The Bertz CT molecular complexity index is 835. The molecule has 1 aliphatic rings. The maximum Gasteiger partial charge on any atom is 0.309 e. The van der Waals surface area contributed by atoms with Crippen LogP contribution in [0, 0.1) is 24.2 Å². The highest BCUT2D eigenvalue weighted by Crippen LogP contribution is 2.40. The predicted octanol–water partition coefficient (Wildman–Crippen LogP) is 5.44. The number of hydrogen-bond acceptors (Lipinski definition) is 3. The Morgan fingerprint density at radius 1 is 1.11 bits per heavy atom. The number of H-pyrrole nitrogens is 1. The Morgan fingerprint density at radius 2 is 1.74 bits per heavy atom. The topological polar surface area (TPSA) is 59.2 Å². The molecular weight excluding hydrogens is 338 g/mol. The summed E-state index contributed by atoms with van der Waals surface area (Å²) in [6.07, 6.45) is 3.04. The number of esters is 1. The van der Waals surface area contributed by atoms with Gasteiger partial charge in [-0.2, -0.15) is 0 Å². The maximum absolute atomic E-state index is 12.9. The molecule has 0 radical (unpaired) electrons. The lowest BCUT2D eigenvalue weighted by molar-refractivity contribution is -0.153. The molecular formula is C23H31NO3.